The molecule has 17 heavy (non-hydrogen) atoms. The second-order valence-electron chi connectivity index (χ2n) is 3.22. The van der Waals surface area contributed by atoms with E-state index in [4.69, 9.17) is 9.15 Å². The van der Waals surface area contributed by atoms with Gasteiger partial charge in [-0.05, 0) is 13.0 Å². The summed E-state index contributed by atoms with van der Waals surface area (Å²) in [6.45, 7) is 2.30. The van der Waals surface area contributed by atoms with Gasteiger partial charge in [-0.1, -0.05) is 6.07 Å². The normalized spacial score (nSPS) is 10.2. The summed E-state index contributed by atoms with van der Waals surface area (Å²) in [5.41, 5.74) is 0.545. The lowest BCUT2D eigenvalue weighted by molar-refractivity contribution is -0.384. The standard InChI is InChI=1S/C11H10N2O4/c1-2-16-10-7-12-11(17-10)8-4-3-5-9(6-8)13(14)15/h3-7H,2H2,1H3. The minimum absolute atomic E-state index is 0.00124. The first kappa shape index (κ1) is 11.1. The number of oxazole rings is 1. The van der Waals surface area contributed by atoms with Crippen molar-refractivity contribution in [1.29, 1.82) is 0 Å². The Hall–Kier alpha value is -2.37. The molecule has 0 bridgehead atoms. The fourth-order valence-corrected chi connectivity index (χ4v) is 1.35. The number of aromatic nitrogens is 1. The van der Waals surface area contributed by atoms with Crippen LogP contribution < -0.4 is 4.74 Å². The summed E-state index contributed by atoms with van der Waals surface area (Å²) in [5.74, 6) is 0.603. The van der Waals surface area contributed by atoms with Crippen LogP contribution >= 0.6 is 0 Å². The molecule has 2 aromatic rings. The molecule has 1 aromatic carbocycles. The number of hydrogen-bond acceptors (Lipinski definition) is 5. The first-order valence-electron chi connectivity index (χ1n) is 5.04. The van der Waals surface area contributed by atoms with Gasteiger partial charge in [-0.3, -0.25) is 10.1 Å². The van der Waals surface area contributed by atoms with Gasteiger partial charge in [0, 0.05) is 17.7 Å². The molecule has 0 fully saturated rings. The van der Waals surface area contributed by atoms with Gasteiger partial charge in [0.25, 0.3) is 5.69 Å². The predicted octanol–water partition coefficient (Wildman–Crippen LogP) is 2.65. The lowest BCUT2D eigenvalue weighted by Gasteiger charge is -1.96. The van der Waals surface area contributed by atoms with Crippen LogP contribution in [0.1, 0.15) is 6.92 Å². The van der Waals surface area contributed by atoms with Crippen molar-refractivity contribution in [1.82, 2.24) is 4.98 Å². The molecule has 0 saturated heterocycles. The summed E-state index contributed by atoms with van der Waals surface area (Å²) in [6, 6.07) is 6.09. The maximum absolute atomic E-state index is 10.6. The largest absolute Gasteiger partial charge is 0.464 e. The Labute approximate surface area is 97.0 Å². The molecule has 0 unspecified atom stereocenters. The van der Waals surface area contributed by atoms with Gasteiger partial charge in [-0.25, -0.2) is 4.98 Å². The Morgan fingerprint density at radius 3 is 3.06 bits per heavy atom. The van der Waals surface area contributed by atoms with Crippen LogP contribution in [0.2, 0.25) is 0 Å². The molecule has 2 rings (SSSR count). The molecular formula is C11H10N2O4. The monoisotopic (exact) mass is 234 g/mol. The van der Waals surface area contributed by atoms with Crippen molar-refractivity contribution in [3.8, 4) is 17.4 Å². The Balaban J connectivity index is 2.32. The lowest BCUT2D eigenvalue weighted by Crippen LogP contribution is -1.88. The van der Waals surface area contributed by atoms with Crippen molar-refractivity contribution < 1.29 is 14.1 Å². The zero-order valence-electron chi connectivity index (χ0n) is 9.12. The number of ether oxygens (including phenoxy) is 1. The molecule has 0 aliphatic heterocycles. The van der Waals surface area contributed by atoms with E-state index in [0.29, 0.717) is 24.0 Å². The molecule has 6 heteroatoms. The SMILES string of the molecule is CCOc1cnc(-c2cccc([N+](=O)[O-])c2)o1. The van der Waals surface area contributed by atoms with Crippen molar-refractivity contribution in [2.45, 2.75) is 6.92 Å². The summed E-state index contributed by atoms with van der Waals surface area (Å²) < 4.78 is 10.4. The molecule has 0 amide bonds. The van der Waals surface area contributed by atoms with E-state index < -0.39 is 4.92 Å². The highest BCUT2D eigenvalue weighted by atomic mass is 16.6. The predicted molar refractivity (Wildman–Crippen MR) is 59.8 cm³/mol. The highest BCUT2D eigenvalue weighted by Gasteiger charge is 2.11. The Morgan fingerprint density at radius 1 is 1.53 bits per heavy atom. The summed E-state index contributed by atoms with van der Waals surface area (Å²) in [5, 5.41) is 10.6. The molecule has 6 nitrogen and oxygen atoms in total. The summed E-state index contributed by atoms with van der Waals surface area (Å²) in [6.07, 6.45) is 1.44. The number of hydrogen-bond donors (Lipinski definition) is 0. The van der Waals surface area contributed by atoms with Crippen molar-refractivity contribution in [3.05, 3.63) is 40.6 Å². The van der Waals surface area contributed by atoms with Crippen LogP contribution in [0, 0.1) is 10.1 Å². The van der Waals surface area contributed by atoms with Crippen LogP contribution in [-0.2, 0) is 0 Å². The molecule has 0 radical (unpaired) electrons. The van der Waals surface area contributed by atoms with Gasteiger partial charge >= 0.3 is 5.95 Å². The number of nitrogens with zero attached hydrogens (tertiary/aromatic N) is 2. The van der Waals surface area contributed by atoms with E-state index in [2.05, 4.69) is 4.98 Å². The summed E-state index contributed by atoms with van der Waals surface area (Å²) in [7, 11) is 0. The Morgan fingerprint density at radius 2 is 2.35 bits per heavy atom. The van der Waals surface area contributed by atoms with Crippen LogP contribution in [0.4, 0.5) is 5.69 Å². The van der Waals surface area contributed by atoms with Gasteiger partial charge < -0.3 is 9.15 Å². The third kappa shape index (κ3) is 2.41. The molecule has 1 aromatic heterocycles. The molecule has 1 heterocycles. The van der Waals surface area contributed by atoms with E-state index in [1.807, 2.05) is 6.92 Å². The summed E-state index contributed by atoms with van der Waals surface area (Å²) >= 11 is 0. The van der Waals surface area contributed by atoms with Crippen molar-refractivity contribution in [2.75, 3.05) is 6.61 Å². The van der Waals surface area contributed by atoms with Gasteiger partial charge in [0.1, 0.15) is 6.20 Å². The number of benzene rings is 1. The fraction of sp³-hybridized carbons (Fsp3) is 0.182. The molecule has 0 saturated carbocycles. The van der Waals surface area contributed by atoms with Crippen molar-refractivity contribution >= 4 is 5.69 Å². The van der Waals surface area contributed by atoms with Gasteiger partial charge in [-0.15, -0.1) is 0 Å². The van der Waals surface area contributed by atoms with Crippen LogP contribution in [0.15, 0.2) is 34.9 Å². The fourth-order valence-electron chi connectivity index (χ4n) is 1.35. The zero-order valence-corrected chi connectivity index (χ0v) is 9.12. The van der Waals surface area contributed by atoms with Crippen LogP contribution in [0.25, 0.3) is 11.5 Å². The van der Waals surface area contributed by atoms with Gasteiger partial charge in [0.05, 0.1) is 11.5 Å². The van der Waals surface area contributed by atoms with E-state index in [1.54, 1.807) is 12.1 Å². The molecular weight excluding hydrogens is 224 g/mol. The molecule has 0 N–H and O–H groups in total. The molecule has 88 valence electrons. The lowest BCUT2D eigenvalue weighted by atomic mass is 10.2. The molecule has 0 aliphatic carbocycles. The molecule has 0 aliphatic rings. The number of rotatable bonds is 4. The van der Waals surface area contributed by atoms with Crippen LogP contribution in [-0.4, -0.2) is 16.5 Å². The molecule has 0 spiro atoms. The Kier molecular flexibility index (Phi) is 3.04. The number of nitro groups is 1. The third-order valence-corrected chi connectivity index (χ3v) is 2.07. The second-order valence-corrected chi connectivity index (χ2v) is 3.22. The van der Waals surface area contributed by atoms with Crippen molar-refractivity contribution in [2.24, 2.45) is 0 Å². The maximum Gasteiger partial charge on any atom is 0.305 e. The topological polar surface area (TPSA) is 78.4 Å². The van der Waals surface area contributed by atoms with E-state index in [-0.39, 0.29) is 5.69 Å². The highest BCUT2D eigenvalue weighted by Crippen LogP contribution is 2.25. The first-order chi connectivity index (χ1) is 8.20. The Bertz CT molecular complexity index is 536. The minimum atomic E-state index is -0.462. The van der Waals surface area contributed by atoms with Crippen molar-refractivity contribution in [3.63, 3.8) is 0 Å². The van der Waals surface area contributed by atoms with Gasteiger partial charge in [0.15, 0.2) is 0 Å². The van der Waals surface area contributed by atoms with Crippen LogP contribution in [0.3, 0.4) is 0 Å². The van der Waals surface area contributed by atoms with Gasteiger partial charge in [0.2, 0.25) is 5.89 Å². The average molecular weight is 234 g/mol. The second kappa shape index (κ2) is 4.65. The van der Waals surface area contributed by atoms with E-state index in [1.165, 1.54) is 18.3 Å². The maximum atomic E-state index is 10.6. The number of non-ortho nitro benzene ring substituents is 1. The average Bonchev–Trinajstić information content (AvgIpc) is 2.78. The third-order valence-electron chi connectivity index (χ3n) is 2.07. The van der Waals surface area contributed by atoms with Crippen LogP contribution in [0.5, 0.6) is 5.95 Å². The number of nitro benzene ring substituents is 1. The first-order valence-corrected chi connectivity index (χ1v) is 5.04. The molecule has 0 atom stereocenters. The van der Waals surface area contributed by atoms with E-state index in [9.17, 15) is 10.1 Å². The van der Waals surface area contributed by atoms with Gasteiger partial charge in [-0.2, -0.15) is 0 Å². The zero-order chi connectivity index (χ0) is 12.3. The smallest absolute Gasteiger partial charge is 0.305 e. The quantitative estimate of drug-likeness (QED) is 0.600. The highest BCUT2D eigenvalue weighted by molar-refractivity contribution is 5.57. The minimum Gasteiger partial charge on any atom is -0.464 e. The van der Waals surface area contributed by atoms with E-state index >= 15 is 0 Å². The summed E-state index contributed by atoms with van der Waals surface area (Å²) in [4.78, 5) is 14.2. The van der Waals surface area contributed by atoms with E-state index in [0.717, 1.165) is 0 Å².